The monoisotopic (exact) mass is 459 g/mol. The molecule has 1 heterocycles. The summed E-state index contributed by atoms with van der Waals surface area (Å²) in [5.41, 5.74) is 0.145. The minimum atomic E-state index is -3.75. The minimum Gasteiger partial charge on any atom is -0.324 e. The van der Waals surface area contributed by atoms with Gasteiger partial charge in [-0.05, 0) is 24.3 Å². The number of hydrogen-bond donors (Lipinski definition) is 1. The SMILES string of the molecule is O=C(CCN1CCN(S(=O)(=O)c2cccc(Cl)c2Cl)CC1)Nc1ccccc1F. The van der Waals surface area contributed by atoms with Crippen molar-refractivity contribution >= 4 is 44.8 Å². The quantitative estimate of drug-likeness (QED) is 0.717. The van der Waals surface area contributed by atoms with Crippen molar-refractivity contribution in [3.8, 4) is 0 Å². The fraction of sp³-hybridized carbons (Fsp3) is 0.316. The Morgan fingerprint density at radius 1 is 1.03 bits per heavy atom. The Balaban J connectivity index is 1.52. The van der Waals surface area contributed by atoms with Crippen LogP contribution in [0.15, 0.2) is 47.4 Å². The third-order valence-corrected chi connectivity index (χ3v) is 7.54. The first-order valence-corrected chi connectivity index (χ1v) is 11.2. The summed E-state index contributed by atoms with van der Waals surface area (Å²) in [6.45, 7) is 1.96. The van der Waals surface area contributed by atoms with Crippen molar-refractivity contribution in [3.63, 3.8) is 0 Å². The van der Waals surface area contributed by atoms with Crippen molar-refractivity contribution in [2.75, 3.05) is 38.0 Å². The van der Waals surface area contributed by atoms with Gasteiger partial charge in [-0.1, -0.05) is 41.4 Å². The lowest BCUT2D eigenvalue weighted by atomic mass is 10.2. The van der Waals surface area contributed by atoms with Gasteiger partial charge in [0.15, 0.2) is 0 Å². The smallest absolute Gasteiger partial charge is 0.244 e. The van der Waals surface area contributed by atoms with Crippen LogP contribution in [0.25, 0.3) is 0 Å². The molecule has 0 spiro atoms. The Bertz CT molecular complexity index is 996. The van der Waals surface area contributed by atoms with Crippen molar-refractivity contribution in [1.82, 2.24) is 9.21 Å². The predicted octanol–water partition coefficient (Wildman–Crippen LogP) is 3.47. The third kappa shape index (κ3) is 5.26. The Morgan fingerprint density at radius 3 is 2.41 bits per heavy atom. The van der Waals surface area contributed by atoms with E-state index in [-0.39, 0.29) is 46.0 Å². The predicted molar refractivity (Wildman–Crippen MR) is 111 cm³/mol. The van der Waals surface area contributed by atoms with Crippen molar-refractivity contribution < 1.29 is 17.6 Å². The topological polar surface area (TPSA) is 69.7 Å². The van der Waals surface area contributed by atoms with Crippen LogP contribution in [0.4, 0.5) is 10.1 Å². The zero-order chi connectivity index (χ0) is 21.0. The summed E-state index contributed by atoms with van der Waals surface area (Å²) in [6, 6.07) is 10.5. The number of nitrogens with zero attached hydrogens (tertiary/aromatic N) is 2. The molecule has 3 rings (SSSR count). The summed E-state index contributed by atoms with van der Waals surface area (Å²) in [7, 11) is -3.75. The molecule has 0 saturated carbocycles. The van der Waals surface area contributed by atoms with Gasteiger partial charge in [0.05, 0.1) is 15.7 Å². The number of carbonyl (C=O) groups is 1. The summed E-state index contributed by atoms with van der Waals surface area (Å²) < 4.78 is 40.6. The summed E-state index contributed by atoms with van der Waals surface area (Å²) >= 11 is 12.0. The average molecular weight is 460 g/mol. The molecule has 0 aliphatic carbocycles. The van der Waals surface area contributed by atoms with Gasteiger partial charge in [-0.2, -0.15) is 4.31 Å². The van der Waals surface area contributed by atoms with E-state index >= 15 is 0 Å². The van der Waals surface area contributed by atoms with E-state index in [9.17, 15) is 17.6 Å². The third-order valence-electron chi connectivity index (χ3n) is 4.67. The van der Waals surface area contributed by atoms with Crippen molar-refractivity contribution in [2.45, 2.75) is 11.3 Å². The number of benzene rings is 2. The number of rotatable bonds is 6. The lowest BCUT2D eigenvalue weighted by Gasteiger charge is -2.34. The second kappa shape index (κ2) is 9.40. The highest BCUT2D eigenvalue weighted by atomic mass is 35.5. The van der Waals surface area contributed by atoms with Crippen LogP contribution < -0.4 is 5.32 Å². The van der Waals surface area contributed by atoms with Gasteiger partial charge in [-0.15, -0.1) is 0 Å². The molecule has 1 N–H and O–H groups in total. The first-order valence-electron chi connectivity index (χ1n) is 9.00. The van der Waals surface area contributed by atoms with E-state index < -0.39 is 15.8 Å². The van der Waals surface area contributed by atoms with Gasteiger partial charge in [0, 0.05) is 39.1 Å². The Kier molecular flexibility index (Phi) is 7.13. The van der Waals surface area contributed by atoms with Gasteiger partial charge in [0.25, 0.3) is 0 Å². The fourth-order valence-electron chi connectivity index (χ4n) is 3.05. The summed E-state index contributed by atoms with van der Waals surface area (Å²) in [4.78, 5) is 14.0. The number of para-hydroxylation sites is 1. The van der Waals surface area contributed by atoms with E-state index in [1.807, 2.05) is 4.90 Å². The molecule has 0 bridgehead atoms. The van der Waals surface area contributed by atoms with Gasteiger partial charge < -0.3 is 10.2 Å². The fourth-order valence-corrected chi connectivity index (χ4v) is 5.21. The van der Waals surface area contributed by atoms with E-state index in [2.05, 4.69) is 5.32 Å². The second-order valence-corrected chi connectivity index (χ2v) is 9.27. The van der Waals surface area contributed by atoms with Gasteiger partial charge in [0.2, 0.25) is 15.9 Å². The van der Waals surface area contributed by atoms with E-state index in [0.29, 0.717) is 19.6 Å². The first kappa shape index (κ1) is 22.0. The van der Waals surface area contributed by atoms with Crippen molar-refractivity contribution in [3.05, 3.63) is 58.3 Å². The number of amides is 1. The Morgan fingerprint density at radius 2 is 1.72 bits per heavy atom. The van der Waals surface area contributed by atoms with Crippen molar-refractivity contribution in [1.29, 1.82) is 0 Å². The van der Waals surface area contributed by atoms with Crippen LogP contribution >= 0.6 is 23.2 Å². The molecule has 10 heteroatoms. The van der Waals surface area contributed by atoms with E-state index in [0.717, 1.165) is 0 Å². The molecule has 1 amide bonds. The van der Waals surface area contributed by atoms with Crippen LogP contribution in [0, 0.1) is 5.82 Å². The lowest BCUT2D eigenvalue weighted by molar-refractivity contribution is -0.116. The molecule has 1 aliphatic rings. The molecule has 6 nitrogen and oxygen atoms in total. The molecule has 1 saturated heterocycles. The maximum atomic E-state index is 13.6. The van der Waals surface area contributed by atoms with E-state index in [4.69, 9.17) is 23.2 Å². The van der Waals surface area contributed by atoms with Crippen LogP contribution in [0.3, 0.4) is 0 Å². The molecular formula is C19H20Cl2FN3O3S. The molecule has 156 valence electrons. The minimum absolute atomic E-state index is 0.00983. The number of piperazine rings is 1. The highest BCUT2D eigenvalue weighted by Crippen LogP contribution is 2.31. The highest BCUT2D eigenvalue weighted by molar-refractivity contribution is 7.89. The van der Waals surface area contributed by atoms with E-state index in [1.54, 1.807) is 18.2 Å². The van der Waals surface area contributed by atoms with Crippen LogP contribution in [-0.4, -0.2) is 56.3 Å². The summed E-state index contributed by atoms with van der Waals surface area (Å²) in [5.74, 6) is -0.782. The summed E-state index contributed by atoms with van der Waals surface area (Å²) in [6.07, 6.45) is 0.182. The first-order chi connectivity index (χ1) is 13.8. The molecule has 2 aromatic rings. The second-order valence-electron chi connectivity index (χ2n) is 6.58. The number of anilines is 1. The molecule has 2 aromatic carbocycles. The zero-order valence-corrected chi connectivity index (χ0v) is 17.8. The normalized spacial score (nSPS) is 16.0. The zero-order valence-electron chi connectivity index (χ0n) is 15.4. The molecule has 29 heavy (non-hydrogen) atoms. The summed E-state index contributed by atoms with van der Waals surface area (Å²) in [5, 5.41) is 2.74. The number of sulfonamides is 1. The van der Waals surface area contributed by atoms with Crippen LogP contribution in [0.1, 0.15) is 6.42 Å². The maximum absolute atomic E-state index is 13.6. The molecule has 0 aromatic heterocycles. The number of hydrogen-bond acceptors (Lipinski definition) is 4. The molecule has 0 unspecified atom stereocenters. The Labute approximate surface area is 179 Å². The number of nitrogens with one attached hydrogen (secondary N) is 1. The van der Waals surface area contributed by atoms with Gasteiger partial charge in [-0.3, -0.25) is 4.79 Å². The van der Waals surface area contributed by atoms with E-state index in [1.165, 1.54) is 28.6 Å². The molecule has 0 radical (unpaired) electrons. The Hall–Kier alpha value is -1.71. The van der Waals surface area contributed by atoms with Crippen molar-refractivity contribution in [2.24, 2.45) is 0 Å². The van der Waals surface area contributed by atoms with Crippen LogP contribution in [-0.2, 0) is 14.8 Å². The van der Waals surface area contributed by atoms with Gasteiger partial charge in [-0.25, -0.2) is 12.8 Å². The maximum Gasteiger partial charge on any atom is 0.244 e. The van der Waals surface area contributed by atoms with Crippen LogP contribution in [0.5, 0.6) is 0 Å². The van der Waals surface area contributed by atoms with Gasteiger partial charge >= 0.3 is 0 Å². The largest absolute Gasteiger partial charge is 0.324 e. The molecular weight excluding hydrogens is 440 g/mol. The standard InChI is InChI=1S/C19H20Cl2FN3O3S/c20-14-4-3-7-17(19(14)21)29(27,28)25-12-10-24(11-13-25)9-8-18(26)23-16-6-2-1-5-15(16)22/h1-7H,8-13H2,(H,23,26). The number of carbonyl (C=O) groups excluding carboxylic acids is 1. The number of halogens is 3. The molecule has 1 fully saturated rings. The molecule has 1 aliphatic heterocycles. The average Bonchev–Trinajstić information content (AvgIpc) is 2.70. The van der Waals surface area contributed by atoms with Crippen LogP contribution in [0.2, 0.25) is 10.0 Å². The molecule has 0 atom stereocenters. The lowest BCUT2D eigenvalue weighted by Crippen LogP contribution is -2.49. The highest BCUT2D eigenvalue weighted by Gasteiger charge is 2.30. The van der Waals surface area contributed by atoms with Gasteiger partial charge in [0.1, 0.15) is 10.7 Å².